The molecule has 2 fully saturated rings. The molecule has 2 atom stereocenters. The van der Waals surface area contributed by atoms with E-state index in [1.165, 1.54) is 0 Å². The van der Waals surface area contributed by atoms with Crippen molar-refractivity contribution in [2.24, 2.45) is 5.92 Å². The highest BCUT2D eigenvalue weighted by molar-refractivity contribution is 7.86. The van der Waals surface area contributed by atoms with Crippen molar-refractivity contribution in [1.29, 1.82) is 0 Å². The van der Waals surface area contributed by atoms with Crippen LogP contribution in [-0.2, 0) is 22.0 Å². The molecule has 2 saturated heterocycles. The molecule has 1 aromatic rings. The molecule has 0 aromatic heterocycles. The highest BCUT2D eigenvalue weighted by atomic mass is 32.2. The third kappa shape index (κ3) is 2.55. The van der Waals surface area contributed by atoms with Crippen LogP contribution in [-0.4, -0.2) is 20.5 Å². The van der Waals surface area contributed by atoms with Crippen molar-refractivity contribution < 1.29 is 17.8 Å². The summed E-state index contributed by atoms with van der Waals surface area (Å²) in [6, 6.07) is 3.19. The van der Waals surface area contributed by atoms with Crippen molar-refractivity contribution in [3.05, 3.63) is 35.4 Å². The Balaban J connectivity index is 1.71. The van der Waals surface area contributed by atoms with Crippen LogP contribution in [0.15, 0.2) is 18.2 Å². The molecular weight excluding hydrogens is 282 g/mol. The van der Waals surface area contributed by atoms with Crippen molar-refractivity contribution >= 4 is 16.6 Å². The second-order valence-electron chi connectivity index (χ2n) is 5.70. The number of Topliss-reactive ketones (excluding diaryl/α,β-unsaturated/α-hetero) is 1. The van der Waals surface area contributed by atoms with E-state index in [0.29, 0.717) is 12.8 Å². The molecule has 0 N–H and O–H groups in total. The Morgan fingerprint density at radius 1 is 1.20 bits per heavy atom. The van der Waals surface area contributed by atoms with Gasteiger partial charge in [-0.3, -0.25) is 9.00 Å². The second-order valence-corrected chi connectivity index (χ2v) is 7.69. The molecule has 0 radical (unpaired) electrons. The lowest BCUT2D eigenvalue weighted by Crippen LogP contribution is -2.33. The van der Waals surface area contributed by atoms with E-state index in [2.05, 4.69) is 0 Å². The van der Waals surface area contributed by atoms with Crippen LogP contribution in [0.4, 0.5) is 8.78 Å². The zero-order valence-electron chi connectivity index (χ0n) is 11.0. The summed E-state index contributed by atoms with van der Waals surface area (Å²) in [6.45, 7) is 0. The number of halogens is 2. The van der Waals surface area contributed by atoms with E-state index in [0.717, 1.165) is 31.0 Å². The monoisotopic (exact) mass is 298 g/mol. The van der Waals surface area contributed by atoms with Crippen LogP contribution >= 0.6 is 0 Å². The smallest absolute Gasteiger partial charge is 0.140 e. The minimum atomic E-state index is -0.797. The molecule has 2 heterocycles. The Morgan fingerprint density at radius 2 is 1.85 bits per heavy atom. The van der Waals surface area contributed by atoms with E-state index in [9.17, 15) is 17.8 Å². The maximum absolute atomic E-state index is 13.6. The average molecular weight is 298 g/mol. The summed E-state index contributed by atoms with van der Waals surface area (Å²) in [6.07, 6.45) is 3.06. The van der Waals surface area contributed by atoms with Gasteiger partial charge in [-0.1, -0.05) is 0 Å². The Kier molecular flexibility index (Phi) is 3.71. The molecule has 2 nitrogen and oxygen atoms in total. The predicted octanol–water partition coefficient (Wildman–Crippen LogP) is 2.77. The lowest BCUT2D eigenvalue weighted by atomic mass is 9.90. The Hall–Kier alpha value is -1.10. The van der Waals surface area contributed by atoms with Gasteiger partial charge in [0.05, 0.1) is 0 Å². The Bertz CT molecular complexity index is 557. The molecule has 2 aliphatic rings. The number of hydrogen-bond donors (Lipinski definition) is 0. The number of rotatable bonds is 3. The first-order chi connectivity index (χ1) is 9.54. The molecular formula is C15H16F2O2S. The van der Waals surface area contributed by atoms with Crippen molar-refractivity contribution in [3.8, 4) is 0 Å². The highest BCUT2D eigenvalue weighted by Gasteiger charge is 2.42. The Morgan fingerprint density at radius 3 is 2.50 bits per heavy atom. The van der Waals surface area contributed by atoms with Gasteiger partial charge in [0.2, 0.25) is 0 Å². The third-order valence-electron chi connectivity index (χ3n) is 4.39. The van der Waals surface area contributed by atoms with Crippen LogP contribution in [0.2, 0.25) is 0 Å². The van der Waals surface area contributed by atoms with Gasteiger partial charge >= 0.3 is 0 Å². The maximum atomic E-state index is 13.6. The number of fused-ring (bicyclic) bond motifs is 2. The van der Waals surface area contributed by atoms with E-state index in [4.69, 9.17) is 0 Å². The van der Waals surface area contributed by atoms with Crippen LogP contribution in [0.5, 0.6) is 0 Å². The SMILES string of the molecule is O=C(Cc1cc(F)ccc1F)C1CC2CCC(C1)S2=O. The van der Waals surface area contributed by atoms with Crippen LogP contribution < -0.4 is 0 Å². The molecule has 5 heteroatoms. The first kappa shape index (κ1) is 13.9. The largest absolute Gasteiger partial charge is 0.299 e. The average Bonchev–Trinajstić information content (AvgIpc) is 2.65. The standard InChI is InChI=1S/C15H16F2O2S/c16-11-1-4-14(17)9(5-11)8-15(18)10-6-12-2-3-13(7-10)20(12)19/h1,4-5,10,12-13H,2-3,6-8H2. The fraction of sp³-hybridized carbons (Fsp3) is 0.533. The van der Waals surface area contributed by atoms with Gasteiger partial charge < -0.3 is 0 Å². The number of hydrogen-bond acceptors (Lipinski definition) is 2. The minimum absolute atomic E-state index is 0.0527. The molecule has 20 heavy (non-hydrogen) atoms. The molecule has 3 rings (SSSR count). The molecule has 0 aliphatic carbocycles. The fourth-order valence-corrected chi connectivity index (χ4v) is 5.43. The summed E-state index contributed by atoms with van der Waals surface area (Å²) in [5.41, 5.74) is 0.119. The normalized spacial score (nSPS) is 32.3. The molecule has 0 saturated carbocycles. The molecule has 1 aromatic carbocycles. The first-order valence-corrected chi connectivity index (χ1v) is 8.18. The quantitative estimate of drug-likeness (QED) is 0.860. The first-order valence-electron chi connectivity index (χ1n) is 6.90. The van der Waals surface area contributed by atoms with Crippen LogP contribution in [0.3, 0.4) is 0 Å². The van der Waals surface area contributed by atoms with E-state index in [1.54, 1.807) is 0 Å². The number of benzene rings is 1. The van der Waals surface area contributed by atoms with E-state index in [1.807, 2.05) is 0 Å². The molecule has 108 valence electrons. The van der Waals surface area contributed by atoms with Gasteiger partial charge in [-0.25, -0.2) is 8.78 Å². The minimum Gasteiger partial charge on any atom is -0.299 e. The van der Waals surface area contributed by atoms with E-state index < -0.39 is 22.4 Å². The Labute approximate surface area is 119 Å². The van der Waals surface area contributed by atoms with E-state index >= 15 is 0 Å². The van der Waals surface area contributed by atoms with Crippen LogP contribution in [0, 0.1) is 17.6 Å². The number of carbonyl (C=O) groups excluding carboxylic acids is 1. The summed E-state index contributed by atoms with van der Waals surface area (Å²) in [5, 5.41) is 0.250. The van der Waals surface area contributed by atoms with E-state index in [-0.39, 0.29) is 34.2 Å². The number of carbonyl (C=O) groups is 1. The number of ketones is 1. The van der Waals surface area contributed by atoms with Crippen LogP contribution in [0.25, 0.3) is 0 Å². The maximum Gasteiger partial charge on any atom is 0.140 e. The molecule has 0 amide bonds. The van der Waals surface area contributed by atoms with Gasteiger partial charge in [0.1, 0.15) is 17.4 Å². The lowest BCUT2D eigenvalue weighted by molar-refractivity contribution is -0.122. The van der Waals surface area contributed by atoms with Crippen molar-refractivity contribution in [3.63, 3.8) is 0 Å². The van der Waals surface area contributed by atoms with Crippen molar-refractivity contribution in [1.82, 2.24) is 0 Å². The summed E-state index contributed by atoms with van der Waals surface area (Å²) < 4.78 is 38.6. The fourth-order valence-electron chi connectivity index (χ4n) is 3.31. The van der Waals surface area contributed by atoms with Crippen LogP contribution in [0.1, 0.15) is 31.2 Å². The highest BCUT2D eigenvalue weighted by Crippen LogP contribution is 2.39. The third-order valence-corrected chi connectivity index (χ3v) is 6.56. The second kappa shape index (κ2) is 5.35. The van der Waals surface area contributed by atoms with Gasteiger partial charge in [-0.05, 0) is 49.4 Å². The molecule has 2 aliphatic heterocycles. The van der Waals surface area contributed by atoms with Gasteiger partial charge in [-0.2, -0.15) is 0 Å². The molecule has 0 spiro atoms. The zero-order valence-corrected chi connectivity index (χ0v) is 11.8. The lowest BCUT2D eigenvalue weighted by Gasteiger charge is -2.26. The summed E-state index contributed by atoms with van der Waals surface area (Å²) >= 11 is 0. The van der Waals surface area contributed by atoms with Gasteiger partial charge in [-0.15, -0.1) is 0 Å². The van der Waals surface area contributed by atoms with Gasteiger partial charge in [0.15, 0.2) is 0 Å². The summed E-state index contributed by atoms with van der Waals surface area (Å²) in [4.78, 5) is 12.3. The summed E-state index contributed by atoms with van der Waals surface area (Å²) in [7, 11) is -0.797. The van der Waals surface area contributed by atoms with Crippen molar-refractivity contribution in [2.45, 2.75) is 42.6 Å². The van der Waals surface area contributed by atoms with Crippen molar-refractivity contribution in [2.75, 3.05) is 0 Å². The molecule has 2 bridgehead atoms. The topological polar surface area (TPSA) is 34.1 Å². The predicted molar refractivity (Wildman–Crippen MR) is 72.7 cm³/mol. The molecule has 2 unspecified atom stereocenters. The zero-order chi connectivity index (χ0) is 14.3. The van der Waals surface area contributed by atoms with Gasteiger partial charge in [0.25, 0.3) is 0 Å². The summed E-state index contributed by atoms with van der Waals surface area (Å²) in [5.74, 6) is -1.27. The van der Waals surface area contributed by atoms with Gasteiger partial charge in [0, 0.05) is 33.6 Å².